The smallest absolute Gasteiger partial charge is 0.0462 e. The van der Waals surface area contributed by atoms with Crippen LogP contribution in [-0.4, -0.2) is 9.97 Å². The maximum atomic E-state index is 4.24. The second-order valence-corrected chi connectivity index (χ2v) is 3.78. The van der Waals surface area contributed by atoms with Gasteiger partial charge < -0.3 is 0 Å². The number of hydrogen-bond donors (Lipinski definition) is 0. The summed E-state index contributed by atoms with van der Waals surface area (Å²) < 4.78 is 1.16. The molecule has 60 valence electrons. The van der Waals surface area contributed by atoms with E-state index in [2.05, 4.69) is 32.6 Å². The van der Waals surface area contributed by atoms with Crippen molar-refractivity contribution in [2.75, 3.05) is 0 Å². The van der Waals surface area contributed by atoms with E-state index in [4.69, 9.17) is 0 Å². The van der Waals surface area contributed by atoms with E-state index in [0.717, 1.165) is 14.7 Å². The van der Waals surface area contributed by atoms with Crippen LogP contribution in [0.15, 0.2) is 24.7 Å². The first-order valence-corrected chi connectivity index (χ1v) is 4.72. The first-order valence-electron chi connectivity index (χ1n) is 3.64. The molecule has 3 heteroatoms. The van der Waals surface area contributed by atoms with Crippen LogP contribution in [0.4, 0.5) is 0 Å². The van der Waals surface area contributed by atoms with E-state index in [9.17, 15) is 0 Å². The molecule has 2 aromatic rings. The van der Waals surface area contributed by atoms with Gasteiger partial charge in [0.25, 0.3) is 0 Å². The van der Waals surface area contributed by atoms with Gasteiger partial charge in [0.05, 0.1) is 0 Å². The van der Waals surface area contributed by atoms with Crippen molar-refractivity contribution >= 4 is 33.4 Å². The predicted molar refractivity (Wildman–Crippen MR) is 57.0 cm³/mol. The van der Waals surface area contributed by atoms with Crippen LogP contribution >= 0.6 is 22.6 Å². The molecule has 2 rings (SSSR count). The van der Waals surface area contributed by atoms with Gasteiger partial charge in [-0.05, 0) is 35.6 Å². The van der Waals surface area contributed by atoms with E-state index in [-0.39, 0.29) is 0 Å². The lowest BCUT2D eigenvalue weighted by Crippen LogP contribution is -1.87. The Bertz CT molecular complexity index is 389. The molecule has 0 saturated heterocycles. The minimum Gasteiger partial charge on any atom is -0.263 e. The van der Waals surface area contributed by atoms with E-state index in [1.54, 1.807) is 0 Å². The lowest BCUT2D eigenvalue weighted by molar-refractivity contribution is 1.22. The van der Waals surface area contributed by atoms with E-state index in [1.807, 2.05) is 31.6 Å². The molecule has 0 aliphatic carbocycles. The standard InChI is InChI=1S/C9H7IN2/c1-6-9-7(2-3-12-6)4-11-5-8(9)10/h2-5H,1H3. The second kappa shape index (κ2) is 2.97. The Labute approximate surface area is 84.2 Å². The molecule has 2 nitrogen and oxygen atoms in total. The molecule has 0 radical (unpaired) electrons. The first kappa shape index (κ1) is 7.91. The van der Waals surface area contributed by atoms with Crippen LogP contribution in [0.3, 0.4) is 0 Å². The predicted octanol–water partition coefficient (Wildman–Crippen LogP) is 2.54. The zero-order chi connectivity index (χ0) is 8.55. The third-order valence-electron chi connectivity index (χ3n) is 1.81. The van der Waals surface area contributed by atoms with E-state index in [0.29, 0.717) is 0 Å². The molecule has 0 fully saturated rings. The molecular weight excluding hydrogens is 263 g/mol. The van der Waals surface area contributed by atoms with Gasteiger partial charge in [-0.15, -0.1) is 0 Å². The Hall–Kier alpha value is -0.710. The maximum Gasteiger partial charge on any atom is 0.0462 e. The zero-order valence-corrected chi connectivity index (χ0v) is 8.74. The number of hydrogen-bond acceptors (Lipinski definition) is 2. The van der Waals surface area contributed by atoms with Gasteiger partial charge in [-0.3, -0.25) is 9.97 Å². The Morgan fingerprint density at radius 1 is 1.33 bits per heavy atom. The normalized spacial score (nSPS) is 10.5. The summed E-state index contributed by atoms with van der Waals surface area (Å²) in [5, 5.41) is 2.38. The van der Waals surface area contributed by atoms with E-state index < -0.39 is 0 Å². The van der Waals surface area contributed by atoms with Crippen LogP contribution in [-0.2, 0) is 0 Å². The van der Waals surface area contributed by atoms with Gasteiger partial charge in [0.2, 0.25) is 0 Å². The van der Waals surface area contributed by atoms with Gasteiger partial charge >= 0.3 is 0 Å². The Morgan fingerprint density at radius 3 is 2.92 bits per heavy atom. The van der Waals surface area contributed by atoms with Gasteiger partial charge in [0.15, 0.2) is 0 Å². The van der Waals surface area contributed by atoms with Crippen LogP contribution in [0.2, 0.25) is 0 Å². The Balaban J connectivity index is 2.96. The molecule has 2 aromatic heterocycles. The summed E-state index contributed by atoms with van der Waals surface area (Å²) >= 11 is 2.28. The summed E-state index contributed by atoms with van der Waals surface area (Å²) in [7, 11) is 0. The van der Waals surface area contributed by atoms with Crippen molar-refractivity contribution in [2.24, 2.45) is 0 Å². The van der Waals surface area contributed by atoms with Crippen molar-refractivity contribution in [3.8, 4) is 0 Å². The largest absolute Gasteiger partial charge is 0.263 e. The van der Waals surface area contributed by atoms with Gasteiger partial charge in [0.1, 0.15) is 0 Å². The van der Waals surface area contributed by atoms with E-state index >= 15 is 0 Å². The number of rotatable bonds is 0. The van der Waals surface area contributed by atoms with Crippen molar-refractivity contribution < 1.29 is 0 Å². The molecule has 0 atom stereocenters. The van der Waals surface area contributed by atoms with Crippen LogP contribution in [0.5, 0.6) is 0 Å². The van der Waals surface area contributed by atoms with Crippen LogP contribution < -0.4 is 0 Å². The van der Waals surface area contributed by atoms with Crippen molar-refractivity contribution in [1.82, 2.24) is 9.97 Å². The molecule has 0 bridgehead atoms. The monoisotopic (exact) mass is 270 g/mol. The molecule has 0 N–H and O–H groups in total. The lowest BCUT2D eigenvalue weighted by Gasteiger charge is -2.01. The average molecular weight is 270 g/mol. The fraction of sp³-hybridized carbons (Fsp3) is 0.111. The number of pyridine rings is 2. The van der Waals surface area contributed by atoms with Crippen molar-refractivity contribution in [3.05, 3.63) is 33.9 Å². The van der Waals surface area contributed by atoms with Gasteiger partial charge in [-0.25, -0.2) is 0 Å². The number of halogens is 1. The summed E-state index contributed by atoms with van der Waals surface area (Å²) in [5.74, 6) is 0. The van der Waals surface area contributed by atoms with Crippen LogP contribution in [0.25, 0.3) is 10.8 Å². The molecule has 0 aromatic carbocycles. The average Bonchev–Trinajstić information content (AvgIpc) is 2.04. The number of aryl methyl sites for hydroxylation is 1. The molecule has 2 heterocycles. The highest BCUT2D eigenvalue weighted by Gasteiger charge is 2.01. The van der Waals surface area contributed by atoms with E-state index in [1.165, 1.54) is 5.39 Å². The minimum atomic E-state index is 1.07. The minimum absolute atomic E-state index is 1.07. The summed E-state index contributed by atoms with van der Waals surface area (Å²) in [6, 6.07) is 1.98. The molecule has 0 spiro atoms. The van der Waals surface area contributed by atoms with Crippen molar-refractivity contribution in [2.45, 2.75) is 6.92 Å². The fourth-order valence-electron chi connectivity index (χ4n) is 1.25. The third kappa shape index (κ3) is 1.18. The molecule has 12 heavy (non-hydrogen) atoms. The van der Waals surface area contributed by atoms with Gasteiger partial charge in [0, 0.05) is 38.6 Å². The molecule has 0 unspecified atom stereocenters. The summed E-state index contributed by atoms with van der Waals surface area (Å²) in [5.41, 5.74) is 1.07. The Morgan fingerprint density at radius 2 is 2.17 bits per heavy atom. The second-order valence-electron chi connectivity index (χ2n) is 2.62. The highest BCUT2D eigenvalue weighted by Crippen LogP contribution is 2.20. The zero-order valence-electron chi connectivity index (χ0n) is 6.58. The highest BCUT2D eigenvalue weighted by molar-refractivity contribution is 14.1. The number of fused-ring (bicyclic) bond motifs is 1. The Kier molecular flexibility index (Phi) is 1.96. The summed E-state index contributed by atoms with van der Waals surface area (Å²) in [4.78, 5) is 8.35. The molecule has 0 aliphatic rings. The molecular formula is C9H7IN2. The van der Waals surface area contributed by atoms with Crippen molar-refractivity contribution in [1.29, 1.82) is 0 Å². The molecule has 0 amide bonds. The van der Waals surface area contributed by atoms with Crippen LogP contribution in [0, 0.1) is 10.5 Å². The number of nitrogens with zero attached hydrogens (tertiary/aromatic N) is 2. The topological polar surface area (TPSA) is 25.8 Å². The quantitative estimate of drug-likeness (QED) is 0.687. The highest BCUT2D eigenvalue weighted by atomic mass is 127. The summed E-state index contributed by atoms with van der Waals surface area (Å²) in [6.07, 6.45) is 5.54. The molecule has 0 aliphatic heterocycles. The van der Waals surface area contributed by atoms with Gasteiger partial charge in [-0.1, -0.05) is 0 Å². The molecule has 0 saturated carbocycles. The lowest BCUT2D eigenvalue weighted by atomic mass is 10.2. The number of aromatic nitrogens is 2. The maximum absolute atomic E-state index is 4.24. The SMILES string of the molecule is Cc1nccc2cncc(I)c12. The summed E-state index contributed by atoms with van der Waals surface area (Å²) in [6.45, 7) is 2.02. The first-order chi connectivity index (χ1) is 5.79. The fourth-order valence-corrected chi connectivity index (χ4v) is 2.11. The van der Waals surface area contributed by atoms with Gasteiger partial charge in [-0.2, -0.15) is 0 Å². The third-order valence-corrected chi connectivity index (χ3v) is 2.63. The van der Waals surface area contributed by atoms with Crippen LogP contribution in [0.1, 0.15) is 5.69 Å². The van der Waals surface area contributed by atoms with Crippen molar-refractivity contribution in [3.63, 3.8) is 0 Å².